The Hall–Kier alpha value is -1.50. The van der Waals surface area contributed by atoms with E-state index in [1.807, 2.05) is 0 Å². The lowest BCUT2D eigenvalue weighted by atomic mass is 10.2. The van der Waals surface area contributed by atoms with Crippen molar-refractivity contribution in [1.29, 1.82) is 0 Å². The zero-order chi connectivity index (χ0) is 12.2. The molecule has 7 heteroatoms. The van der Waals surface area contributed by atoms with Crippen molar-refractivity contribution in [2.45, 2.75) is 6.18 Å². The Kier molecular flexibility index (Phi) is 3.94. The molecule has 0 saturated heterocycles. The quantitative estimate of drug-likeness (QED) is 0.554. The smallest absolute Gasteiger partial charge is 0.364 e. The maximum Gasteiger partial charge on any atom is 0.416 e. The van der Waals surface area contributed by atoms with Gasteiger partial charge in [-0.1, -0.05) is 0 Å². The molecule has 0 aromatic heterocycles. The van der Waals surface area contributed by atoms with Crippen LogP contribution in [0.5, 0.6) is 0 Å². The summed E-state index contributed by atoms with van der Waals surface area (Å²) in [6.45, 7) is 0. The molecule has 0 unspecified atom stereocenters. The van der Waals surface area contributed by atoms with E-state index in [9.17, 15) is 13.2 Å². The van der Waals surface area contributed by atoms with Crippen molar-refractivity contribution in [1.82, 2.24) is 10.7 Å². The molecule has 16 heavy (non-hydrogen) atoms. The minimum Gasteiger partial charge on any atom is -0.364 e. The van der Waals surface area contributed by atoms with E-state index in [4.69, 9.17) is 12.2 Å². The Morgan fingerprint density at radius 3 is 2.19 bits per heavy atom. The monoisotopic (exact) mass is 249 g/mol. The summed E-state index contributed by atoms with van der Waals surface area (Å²) < 4.78 is 36.7. The van der Waals surface area contributed by atoms with E-state index in [0.717, 1.165) is 12.1 Å². The molecule has 0 spiro atoms. The summed E-state index contributed by atoms with van der Waals surface area (Å²) in [7, 11) is 1.63. The molecule has 0 heterocycles. The van der Waals surface area contributed by atoms with Crippen molar-refractivity contribution in [3.8, 4) is 0 Å². The third-order valence-electron chi connectivity index (χ3n) is 1.76. The van der Waals surface area contributed by atoms with Crippen LogP contribution < -0.4 is 16.2 Å². The number of rotatable bonds is 2. The molecule has 1 aromatic carbocycles. The Morgan fingerprint density at radius 2 is 1.75 bits per heavy atom. The van der Waals surface area contributed by atoms with Gasteiger partial charge in [0.05, 0.1) is 11.3 Å². The Morgan fingerprint density at radius 1 is 1.19 bits per heavy atom. The van der Waals surface area contributed by atoms with Crippen LogP contribution in [0.2, 0.25) is 0 Å². The second kappa shape index (κ2) is 5.02. The van der Waals surface area contributed by atoms with Crippen LogP contribution in [0.1, 0.15) is 5.56 Å². The van der Waals surface area contributed by atoms with Gasteiger partial charge in [0.2, 0.25) is 0 Å². The maximum absolute atomic E-state index is 12.2. The molecule has 0 fully saturated rings. The molecule has 0 bridgehead atoms. The lowest BCUT2D eigenvalue weighted by Crippen LogP contribution is -2.36. The van der Waals surface area contributed by atoms with Crippen molar-refractivity contribution in [2.24, 2.45) is 0 Å². The van der Waals surface area contributed by atoms with Crippen LogP contribution in [0.3, 0.4) is 0 Å². The third kappa shape index (κ3) is 3.58. The topological polar surface area (TPSA) is 36.1 Å². The standard InChI is InChI=1S/C9H10F3N3S/c1-13-8(16)15-14-7-4-2-6(3-5-7)9(10,11)12/h2-5,14H,1H3,(H2,13,15,16). The van der Waals surface area contributed by atoms with Gasteiger partial charge in [-0.25, -0.2) is 0 Å². The highest BCUT2D eigenvalue weighted by Crippen LogP contribution is 2.29. The number of hydrazine groups is 1. The van der Waals surface area contributed by atoms with Gasteiger partial charge in [-0.2, -0.15) is 13.2 Å². The molecule has 0 amide bonds. The van der Waals surface area contributed by atoms with E-state index >= 15 is 0 Å². The van der Waals surface area contributed by atoms with Crippen LogP contribution in [0.25, 0.3) is 0 Å². The van der Waals surface area contributed by atoms with Gasteiger partial charge in [0, 0.05) is 7.05 Å². The summed E-state index contributed by atoms with van der Waals surface area (Å²) in [5.41, 5.74) is 5.05. The summed E-state index contributed by atoms with van der Waals surface area (Å²) in [5.74, 6) is 0. The van der Waals surface area contributed by atoms with Gasteiger partial charge in [-0.05, 0) is 36.5 Å². The van der Waals surface area contributed by atoms with Gasteiger partial charge in [0.1, 0.15) is 0 Å². The predicted octanol–water partition coefficient (Wildman–Crippen LogP) is 2.13. The van der Waals surface area contributed by atoms with E-state index in [0.29, 0.717) is 10.8 Å². The fraction of sp³-hybridized carbons (Fsp3) is 0.222. The van der Waals surface area contributed by atoms with E-state index in [-0.39, 0.29) is 0 Å². The summed E-state index contributed by atoms with van der Waals surface area (Å²) in [4.78, 5) is 0. The van der Waals surface area contributed by atoms with Gasteiger partial charge in [0.15, 0.2) is 5.11 Å². The SMILES string of the molecule is CNC(=S)NNc1ccc(C(F)(F)F)cc1. The first-order chi connectivity index (χ1) is 7.43. The molecule has 0 radical (unpaired) electrons. The molecular formula is C9H10F3N3S. The number of anilines is 1. The first-order valence-corrected chi connectivity index (χ1v) is 4.75. The second-order valence-corrected chi connectivity index (χ2v) is 3.31. The number of nitrogens with one attached hydrogen (secondary N) is 3. The Labute approximate surface area is 96.0 Å². The molecule has 0 atom stereocenters. The van der Waals surface area contributed by atoms with Gasteiger partial charge in [-0.15, -0.1) is 0 Å². The normalized spacial score (nSPS) is 10.8. The zero-order valence-electron chi connectivity index (χ0n) is 8.35. The van der Waals surface area contributed by atoms with Crippen LogP contribution in [0.4, 0.5) is 18.9 Å². The first kappa shape index (κ1) is 12.6. The average Bonchev–Trinajstić information content (AvgIpc) is 2.25. The van der Waals surface area contributed by atoms with E-state index < -0.39 is 11.7 Å². The molecule has 88 valence electrons. The maximum atomic E-state index is 12.2. The van der Waals surface area contributed by atoms with E-state index in [1.54, 1.807) is 7.05 Å². The van der Waals surface area contributed by atoms with Crippen molar-refractivity contribution in [3.05, 3.63) is 29.8 Å². The fourth-order valence-electron chi connectivity index (χ4n) is 0.934. The predicted molar refractivity (Wildman–Crippen MR) is 59.9 cm³/mol. The molecule has 3 nitrogen and oxygen atoms in total. The van der Waals surface area contributed by atoms with Crippen molar-refractivity contribution in [2.75, 3.05) is 12.5 Å². The molecule has 0 aliphatic heterocycles. The number of benzene rings is 1. The number of thiocarbonyl (C=S) groups is 1. The fourth-order valence-corrected chi connectivity index (χ4v) is 0.985. The van der Waals surface area contributed by atoms with Crippen LogP contribution >= 0.6 is 12.2 Å². The molecule has 0 saturated carbocycles. The highest BCUT2D eigenvalue weighted by molar-refractivity contribution is 7.80. The summed E-state index contributed by atoms with van der Waals surface area (Å²) in [5, 5.41) is 3.00. The van der Waals surface area contributed by atoms with E-state index in [2.05, 4.69) is 16.2 Å². The number of halogens is 3. The molecule has 0 aliphatic rings. The number of hydrogen-bond acceptors (Lipinski definition) is 2. The second-order valence-electron chi connectivity index (χ2n) is 2.90. The van der Waals surface area contributed by atoms with Crippen molar-refractivity contribution in [3.63, 3.8) is 0 Å². The molecule has 1 rings (SSSR count). The summed E-state index contributed by atoms with van der Waals surface area (Å²) >= 11 is 4.77. The number of alkyl halides is 3. The Bertz CT molecular complexity index is 361. The average molecular weight is 249 g/mol. The minimum atomic E-state index is -4.31. The number of hydrogen-bond donors (Lipinski definition) is 3. The largest absolute Gasteiger partial charge is 0.416 e. The zero-order valence-corrected chi connectivity index (χ0v) is 9.17. The first-order valence-electron chi connectivity index (χ1n) is 4.34. The molecular weight excluding hydrogens is 239 g/mol. The van der Waals surface area contributed by atoms with Crippen LogP contribution in [0.15, 0.2) is 24.3 Å². The highest BCUT2D eigenvalue weighted by Gasteiger charge is 2.29. The van der Waals surface area contributed by atoms with Gasteiger partial charge in [-0.3, -0.25) is 10.9 Å². The van der Waals surface area contributed by atoms with Gasteiger partial charge < -0.3 is 5.32 Å². The molecule has 3 N–H and O–H groups in total. The van der Waals surface area contributed by atoms with Crippen LogP contribution in [-0.2, 0) is 6.18 Å². The summed E-state index contributed by atoms with van der Waals surface area (Å²) in [6.07, 6.45) is -4.31. The lowest BCUT2D eigenvalue weighted by molar-refractivity contribution is -0.137. The highest BCUT2D eigenvalue weighted by atomic mass is 32.1. The lowest BCUT2D eigenvalue weighted by Gasteiger charge is -2.11. The molecule has 0 aliphatic carbocycles. The summed E-state index contributed by atoms with van der Waals surface area (Å²) in [6, 6.07) is 4.61. The van der Waals surface area contributed by atoms with Gasteiger partial charge >= 0.3 is 6.18 Å². The van der Waals surface area contributed by atoms with E-state index in [1.165, 1.54) is 12.1 Å². The van der Waals surface area contributed by atoms with Crippen LogP contribution in [0, 0.1) is 0 Å². The van der Waals surface area contributed by atoms with Crippen molar-refractivity contribution < 1.29 is 13.2 Å². The van der Waals surface area contributed by atoms with Gasteiger partial charge in [0.25, 0.3) is 0 Å². The molecule has 1 aromatic rings. The van der Waals surface area contributed by atoms with Crippen molar-refractivity contribution >= 4 is 23.0 Å². The third-order valence-corrected chi connectivity index (χ3v) is 2.07. The minimum absolute atomic E-state index is 0.347. The van der Waals surface area contributed by atoms with Crippen LogP contribution in [-0.4, -0.2) is 12.2 Å². The Balaban J connectivity index is 2.62.